The molecule has 20 heavy (non-hydrogen) atoms. The maximum absolute atomic E-state index is 10.9. The zero-order chi connectivity index (χ0) is 14.5. The smallest absolute Gasteiger partial charge is 0.354 e. The molecule has 1 aromatic heterocycles. The number of benzene rings is 1. The van der Waals surface area contributed by atoms with Crippen LogP contribution in [0, 0.1) is 0 Å². The van der Waals surface area contributed by atoms with Crippen LogP contribution in [0.2, 0.25) is 0 Å². The van der Waals surface area contributed by atoms with Gasteiger partial charge >= 0.3 is 5.97 Å². The molecule has 0 saturated carbocycles. The minimum absolute atomic E-state index is 0.0670. The molecule has 1 aromatic carbocycles. The van der Waals surface area contributed by atoms with E-state index in [0.717, 1.165) is 5.69 Å². The first-order chi connectivity index (χ1) is 9.60. The maximum Gasteiger partial charge on any atom is 0.354 e. The first-order valence-electron chi connectivity index (χ1n) is 6.10. The van der Waals surface area contributed by atoms with Crippen molar-refractivity contribution in [3.05, 3.63) is 42.1 Å². The Balaban J connectivity index is 2.27. The van der Waals surface area contributed by atoms with Gasteiger partial charge in [-0.3, -0.25) is 0 Å². The fourth-order valence-electron chi connectivity index (χ4n) is 1.66. The summed E-state index contributed by atoms with van der Waals surface area (Å²) in [6.45, 7) is 2.47. The summed E-state index contributed by atoms with van der Waals surface area (Å²) in [7, 11) is 0. The normalized spacial score (nSPS) is 10.1. The van der Waals surface area contributed by atoms with Crippen LogP contribution in [0.15, 0.2) is 36.4 Å². The number of nitrogens with one attached hydrogen (secondary N) is 1. The van der Waals surface area contributed by atoms with Gasteiger partial charge in [-0.25, -0.2) is 9.78 Å². The molecule has 0 saturated heterocycles. The summed E-state index contributed by atoms with van der Waals surface area (Å²) in [5, 5.41) is 11.9. The maximum atomic E-state index is 10.9. The fraction of sp³-hybridized carbons (Fsp3) is 0.143. The van der Waals surface area contributed by atoms with Crippen LogP contribution < -0.4 is 15.8 Å². The van der Waals surface area contributed by atoms with E-state index in [0.29, 0.717) is 23.9 Å². The van der Waals surface area contributed by atoms with Crippen LogP contribution in [-0.4, -0.2) is 22.7 Å². The molecule has 0 bridgehead atoms. The zero-order valence-electron chi connectivity index (χ0n) is 11.0. The molecule has 0 aliphatic carbocycles. The van der Waals surface area contributed by atoms with Gasteiger partial charge in [-0.2, -0.15) is 0 Å². The molecule has 1 heterocycles. The van der Waals surface area contributed by atoms with Crippen molar-refractivity contribution in [1.29, 1.82) is 0 Å². The second-order valence-electron chi connectivity index (χ2n) is 4.03. The number of carboxylic acid groups (broad SMARTS) is 1. The predicted octanol–water partition coefficient (Wildman–Crippen LogP) is 2.50. The monoisotopic (exact) mass is 273 g/mol. The lowest BCUT2D eigenvalue weighted by Gasteiger charge is -2.10. The topological polar surface area (TPSA) is 97.5 Å². The second kappa shape index (κ2) is 5.92. The number of nitrogen functional groups attached to an aromatic ring is 1. The Labute approximate surface area is 116 Å². The SMILES string of the molecule is CCOc1cccc(Nc2nc(C(=O)O)ccc2N)c1. The Hall–Kier alpha value is -2.76. The number of carboxylic acids is 1. The van der Waals surface area contributed by atoms with E-state index in [1.165, 1.54) is 12.1 Å². The molecule has 0 atom stereocenters. The predicted molar refractivity (Wildman–Crippen MR) is 76.5 cm³/mol. The zero-order valence-corrected chi connectivity index (χ0v) is 11.0. The van der Waals surface area contributed by atoms with E-state index in [-0.39, 0.29) is 5.69 Å². The van der Waals surface area contributed by atoms with Crippen LogP contribution in [-0.2, 0) is 0 Å². The molecule has 0 aliphatic rings. The van der Waals surface area contributed by atoms with E-state index in [4.69, 9.17) is 15.6 Å². The standard InChI is InChI=1S/C14H15N3O3/c1-2-20-10-5-3-4-9(8-10)16-13-11(15)6-7-12(17-13)14(18)19/h3-8H,2,15H2,1H3,(H,16,17)(H,18,19). The Bertz CT molecular complexity index is 629. The van der Waals surface area contributed by atoms with Gasteiger partial charge in [-0.1, -0.05) is 6.07 Å². The molecule has 4 N–H and O–H groups in total. The number of hydrogen-bond acceptors (Lipinski definition) is 5. The van der Waals surface area contributed by atoms with Gasteiger partial charge in [0.2, 0.25) is 0 Å². The number of hydrogen-bond donors (Lipinski definition) is 3. The van der Waals surface area contributed by atoms with Crippen molar-refractivity contribution in [2.45, 2.75) is 6.92 Å². The molecule has 104 valence electrons. The van der Waals surface area contributed by atoms with Crippen LogP contribution in [0.3, 0.4) is 0 Å². The number of anilines is 3. The Morgan fingerprint density at radius 2 is 2.20 bits per heavy atom. The lowest BCUT2D eigenvalue weighted by atomic mass is 10.2. The molecule has 0 aliphatic heterocycles. The van der Waals surface area contributed by atoms with Gasteiger partial charge in [-0.05, 0) is 31.2 Å². The number of carbonyl (C=O) groups is 1. The number of rotatable bonds is 5. The van der Waals surface area contributed by atoms with Crippen molar-refractivity contribution < 1.29 is 14.6 Å². The van der Waals surface area contributed by atoms with Gasteiger partial charge in [0.05, 0.1) is 12.3 Å². The Morgan fingerprint density at radius 1 is 1.40 bits per heavy atom. The number of nitrogens with zero attached hydrogens (tertiary/aromatic N) is 1. The van der Waals surface area contributed by atoms with E-state index in [2.05, 4.69) is 10.3 Å². The average Bonchev–Trinajstić information content (AvgIpc) is 2.42. The minimum Gasteiger partial charge on any atom is -0.494 e. The molecule has 6 heteroatoms. The molecule has 0 radical (unpaired) electrons. The second-order valence-corrected chi connectivity index (χ2v) is 4.03. The van der Waals surface area contributed by atoms with E-state index in [9.17, 15) is 4.79 Å². The van der Waals surface area contributed by atoms with Gasteiger partial charge in [0.1, 0.15) is 5.75 Å². The lowest BCUT2D eigenvalue weighted by molar-refractivity contribution is 0.0690. The van der Waals surface area contributed by atoms with Crippen LogP contribution in [0.5, 0.6) is 5.75 Å². The minimum atomic E-state index is -1.10. The van der Waals surface area contributed by atoms with Crippen LogP contribution in [0.4, 0.5) is 17.2 Å². The summed E-state index contributed by atoms with van der Waals surface area (Å²) in [5.41, 5.74) is 6.81. The molecular weight excluding hydrogens is 258 g/mol. The first-order valence-corrected chi connectivity index (χ1v) is 6.10. The highest BCUT2D eigenvalue weighted by Gasteiger charge is 2.09. The van der Waals surface area contributed by atoms with Gasteiger partial charge in [-0.15, -0.1) is 0 Å². The van der Waals surface area contributed by atoms with Crippen molar-refractivity contribution in [3.8, 4) is 5.75 Å². The molecular formula is C14H15N3O3. The van der Waals surface area contributed by atoms with Crippen LogP contribution in [0.25, 0.3) is 0 Å². The highest BCUT2D eigenvalue weighted by atomic mass is 16.5. The van der Waals surface area contributed by atoms with E-state index in [1.807, 2.05) is 25.1 Å². The van der Waals surface area contributed by atoms with Gasteiger partial charge in [0.15, 0.2) is 11.5 Å². The van der Waals surface area contributed by atoms with Crippen molar-refractivity contribution in [1.82, 2.24) is 4.98 Å². The summed E-state index contributed by atoms with van der Waals surface area (Å²) >= 11 is 0. The highest BCUT2D eigenvalue weighted by molar-refractivity contribution is 5.87. The number of pyridine rings is 1. The Kier molecular flexibility index (Phi) is 4.05. The van der Waals surface area contributed by atoms with Crippen molar-refractivity contribution in [3.63, 3.8) is 0 Å². The third kappa shape index (κ3) is 3.17. The molecule has 6 nitrogen and oxygen atoms in total. The largest absolute Gasteiger partial charge is 0.494 e. The van der Waals surface area contributed by atoms with E-state index >= 15 is 0 Å². The number of nitrogens with two attached hydrogens (primary N) is 1. The van der Waals surface area contributed by atoms with Crippen molar-refractivity contribution >= 4 is 23.2 Å². The van der Waals surface area contributed by atoms with E-state index < -0.39 is 5.97 Å². The highest BCUT2D eigenvalue weighted by Crippen LogP contribution is 2.24. The lowest BCUT2D eigenvalue weighted by Crippen LogP contribution is -2.05. The van der Waals surface area contributed by atoms with Crippen LogP contribution >= 0.6 is 0 Å². The molecule has 0 spiro atoms. The summed E-state index contributed by atoms with van der Waals surface area (Å²) < 4.78 is 5.39. The van der Waals surface area contributed by atoms with Crippen LogP contribution in [0.1, 0.15) is 17.4 Å². The summed E-state index contributed by atoms with van der Waals surface area (Å²) in [5.74, 6) is -0.0832. The number of ether oxygens (including phenoxy) is 1. The Morgan fingerprint density at radius 3 is 2.90 bits per heavy atom. The van der Waals surface area contributed by atoms with Gasteiger partial charge < -0.3 is 20.9 Å². The molecule has 2 rings (SSSR count). The van der Waals surface area contributed by atoms with Crippen molar-refractivity contribution in [2.75, 3.05) is 17.7 Å². The fourth-order valence-corrected chi connectivity index (χ4v) is 1.66. The average molecular weight is 273 g/mol. The number of aromatic nitrogens is 1. The molecule has 0 amide bonds. The van der Waals surface area contributed by atoms with E-state index in [1.54, 1.807) is 6.07 Å². The van der Waals surface area contributed by atoms with Gasteiger partial charge in [0.25, 0.3) is 0 Å². The first kappa shape index (κ1) is 13.7. The quantitative estimate of drug-likeness (QED) is 0.774. The summed E-state index contributed by atoms with van der Waals surface area (Å²) in [4.78, 5) is 14.9. The summed E-state index contributed by atoms with van der Waals surface area (Å²) in [6, 6.07) is 10.1. The third-order valence-electron chi connectivity index (χ3n) is 2.55. The summed E-state index contributed by atoms with van der Waals surface area (Å²) in [6.07, 6.45) is 0. The molecule has 0 fully saturated rings. The number of aromatic carboxylic acids is 1. The van der Waals surface area contributed by atoms with Gasteiger partial charge in [0, 0.05) is 11.8 Å². The molecule has 2 aromatic rings. The molecule has 0 unspecified atom stereocenters. The third-order valence-corrected chi connectivity index (χ3v) is 2.55. The van der Waals surface area contributed by atoms with Crippen molar-refractivity contribution in [2.24, 2.45) is 0 Å².